The average molecular weight is 378 g/mol. The van der Waals surface area contributed by atoms with E-state index >= 15 is 0 Å². The summed E-state index contributed by atoms with van der Waals surface area (Å²) in [5.74, 6) is -0.586. The Bertz CT molecular complexity index is 813. The van der Waals surface area contributed by atoms with E-state index in [4.69, 9.17) is 27.9 Å². The maximum Gasteiger partial charge on any atom is 0.262 e. The van der Waals surface area contributed by atoms with E-state index in [0.29, 0.717) is 21.2 Å². The van der Waals surface area contributed by atoms with Crippen molar-refractivity contribution in [3.8, 4) is 0 Å². The standard InChI is InChI=1S/C19H17Cl2NO3/c1-19(2,11-25-10-12-7-8-13(20)9-16(12)21)22-17(23)14-5-3-4-6-15(14)18(22)24/h3-9H,10-11H2,1-2H3. The van der Waals surface area contributed by atoms with Crippen molar-refractivity contribution in [3.05, 3.63) is 69.2 Å². The molecule has 0 bridgehead atoms. The lowest BCUT2D eigenvalue weighted by Crippen LogP contribution is -2.50. The summed E-state index contributed by atoms with van der Waals surface area (Å²) in [5, 5.41) is 1.08. The fourth-order valence-electron chi connectivity index (χ4n) is 2.85. The van der Waals surface area contributed by atoms with Gasteiger partial charge in [-0.1, -0.05) is 41.4 Å². The number of ether oxygens (including phenoxy) is 1. The van der Waals surface area contributed by atoms with E-state index in [1.54, 1.807) is 56.3 Å². The van der Waals surface area contributed by atoms with Crippen molar-refractivity contribution < 1.29 is 14.3 Å². The van der Waals surface area contributed by atoms with Gasteiger partial charge in [-0.2, -0.15) is 0 Å². The number of carbonyl (C=O) groups excluding carboxylic acids is 2. The van der Waals surface area contributed by atoms with Crippen LogP contribution in [0.25, 0.3) is 0 Å². The molecule has 2 aromatic carbocycles. The molecule has 2 aromatic rings. The smallest absolute Gasteiger partial charge is 0.262 e. The highest BCUT2D eigenvalue weighted by Gasteiger charge is 2.43. The Balaban J connectivity index is 1.70. The van der Waals surface area contributed by atoms with E-state index in [2.05, 4.69) is 0 Å². The molecule has 1 aliphatic rings. The van der Waals surface area contributed by atoms with Gasteiger partial charge in [-0.25, -0.2) is 0 Å². The molecule has 25 heavy (non-hydrogen) atoms. The summed E-state index contributed by atoms with van der Waals surface area (Å²) in [6.07, 6.45) is 0. The van der Waals surface area contributed by atoms with Crippen LogP contribution < -0.4 is 0 Å². The quantitative estimate of drug-likeness (QED) is 0.716. The van der Waals surface area contributed by atoms with Crippen molar-refractivity contribution in [1.29, 1.82) is 0 Å². The first kappa shape index (κ1) is 17.9. The highest BCUT2D eigenvalue weighted by Crippen LogP contribution is 2.30. The normalized spacial score (nSPS) is 14.2. The van der Waals surface area contributed by atoms with E-state index in [0.717, 1.165) is 5.56 Å². The van der Waals surface area contributed by atoms with Crippen molar-refractivity contribution in [2.24, 2.45) is 0 Å². The number of carbonyl (C=O) groups is 2. The number of amides is 2. The van der Waals surface area contributed by atoms with Gasteiger partial charge in [0.1, 0.15) is 0 Å². The molecule has 3 rings (SSSR count). The van der Waals surface area contributed by atoms with Crippen LogP contribution in [0.4, 0.5) is 0 Å². The predicted molar refractivity (Wildman–Crippen MR) is 97.1 cm³/mol. The maximum atomic E-state index is 12.6. The largest absolute Gasteiger partial charge is 0.374 e. The van der Waals surface area contributed by atoms with Crippen molar-refractivity contribution >= 4 is 35.0 Å². The van der Waals surface area contributed by atoms with Crippen LogP contribution in [-0.2, 0) is 11.3 Å². The van der Waals surface area contributed by atoms with E-state index in [1.807, 2.05) is 0 Å². The molecule has 0 unspecified atom stereocenters. The Morgan fingerprint density at radius 2 is 1.60 bits per heavy atom. The van der Waals surface area contributed by atoms with Crippen LogP contribution in [-0.4, -0.2) is 28.9 Å². The first-order valence-corrected chi connectivity index (χ1v) is 8.56. The first-order valence-electron chi connectivity index (χ1n) is 7.81. The lowest BCUT2D eigenvalue weighted by Gasteiger charge is -2.33. The van der Waals surface area contributed by atoms with Crippen molar-refractivity contribution in [2.45, 2.75) is 26.0 Å². The van der Waals surface area contributed by atoms with Gasteiger partial charge in [-0.15, -0.1) is 0 Å². The molecule has 0 N–H and O–H groups in total. The van der Waals surface area contributed by atoms with Gasteiger partial charge in [0, 0.05) is 10.0 Å². The summed E-state index contributed by atoms with van der Waals surface area (Å²) in [4.78, 5) is 26.4. The molecule has 0 spiro atoms. The average Bonchev–Trinajstić information content (AvgIpc) is 2.82. The molecule has 6 heteroatoms. The van der Waals surface area contributed by atoms with Crippen LogP contribution >= 0.6 is 23.2 Å². The monoisotopic (exact) mass is 377 g/mol. The predicted octanol–water partition coefficient (Wildman–Crippen LogP) is 4.58. The van der Waals surface area contributed by atoms with Crippen LogP contribution in [0.2, 0.25) is 10.0 Å². The van der Waals surface area contributed by atoms with Crippen molar-refractivity contribution in [3.63, 3.8) is 0 Å². The topological polar surface area (TPSA) is 46.6 Å². The van der Waals surface area contributed by atoms with Crippen LogP contribution in [0.3, 0.4) is 0 Å². The van der Waals surface area contributed by atoms with Gasteiger partial charge in [0.15, 0.2) is 0 Å². The number of halogens is 2. The maximum absolute atomic E-state index is 12.6. The molecule has 0 radical (unpaired) electrons. The van der Waals surface area contributed by atoms with Gasteiger partial charge in [0.25, 0.3) is 11.8 Å². The van der Waals surface area contributed by atoms with E-state index in [-0.39, 0.29) is 25.0 Å². The fourth-order valence-corrected chi connectivity index (χ4v) is 3.32. The summed E-state index contributed by atoms with van der Waals surface area (Å²) in [6.45, 7) is 4.07. The summed E-state index contributed by atoms with van der Waals surface area (Å²) < 4.78 is 5.74. The third-order valence-corrected chi connectivity index (χ3v) is 4.71. The van der Waals surface area contributed by atoms with Crippen LogP contribution in [0.1, 0.15) is 40.1 Å². The van der Waals surface area contributed by atoms with Gasteiger partial charge in [-0.3, -0.25) is 14.5 Å². The molecule has 0 atom stereocenters. The molecule has 2 amide bonds. The minimum Gasteiger partial charge on any atom is -0.374 e. The molecule has 4 nitrogen and oxygen atoms in total. The number of rotatable bonds is 5. The lowest BCUT2D eigenvalue weighted by molar-refractivity contribution is 0.0118. The van der Waals surface area contributed by atoms with Gasteiger partial charge in [0.2, 0.25) is 0 Å². The van der Waals surface area contributed by atoms with Gasteiger partial charge < -0.3 is 4.74 Å². The van der Waals surface area contributed by atoms with Crippen LogP contribution in [0.15, 0.2) is 42.5 Å². The zero-order valence-corrected chi connectivity index (χ0v) is 15.4. The second-order valence-corrected chi connectivity index (χ2v) is 7.38. The summed E-state index contributed by atoms with van der Waals surface area (Å²) >= 11 is 12.0. The second kappa shape index (κ2) is 6.79. The zero-order valence-electron chi connectivity index (χ0n) is 13.9. The number of benzene rings is 2. The molecule has 0 saturated heterocycles. The highest BCUT2D eigenvalue weighted by atomic mass is 35.5. The zero-order chi connectivity index (χ0) is 18.2. The van der Waals surface area contributed by atoms with Gasteiger partial charge in [0.05, 0.1) is 29.9 Å². The SMILES string of the molecule is CC(C)(COCc1ccc(Cl)cc1Cl)N1C(=O)c2ccccc2C1=O. The van der Waals surface area contributed by atoms with E-state index < -0.39 is 5.54 Å². The Morgan fingerprint density at radius 1 is 1.00 bits per heavy atom. The number of fused-ring (bicyclic) bond motifs is 1. The lowest BCUT2D eigenvalue weighted by atomic mass is 10.0. The molecule has 1 aliphatic heterocycles. The molecule has 1 heterocycles. The Hall–Kier alpha value is -1.88. The Morgan fingerprint density at radius 3 is 2.16 bits per heavy atom. The van der Waals surface area contributed by atoms with E-state index in [1.165, 1.54) is 4.90 Å². The molecule has 0 aliphatic carbocycles. The van der Waals surface area contributed by atoms with Crippen molar-refractivity contribution in [2.75, 3.05) is 6.61 Å². The summed E-state index contributed by atoms with van der Waals surface area (Å²) in [7, 11) is 0. The van der Waals surface area contributed by atoms with Crippen LogP contribution in [0.5, 0.6) is 0 Å². The third-order valence-electron chi connectivity index (χ3n) is 4.13. The number of nitrogens with zero attached hydrogens (tertiary/aromatic N) is 1. The number of imide groups is 1. The minimum atomic E-state index is -0.786. The van der Waals surface area contributed by atoms with Gasteiger partial charge in [-0.05, 0) is 43.7 Å². The molecule has 0 aromatic heterocycles. The molecule has 0 saturated carbocycles. The van der Waals surface area contributed by atoms with Crippen LogP contribution in [0, 0.1) is 0 Å². The molecule has 130 valence electrons. The van der Waals surface area contributed by atoms with Gasteiger partial charge >= 0.3 is 0 Å². The number of hydrogen-bond donors (Lipinski definition) is 0. The third kappa shape index (κ3) is 3.43. The summed E-state index contributed by atoms with van der Waals surface area (Å²) in [5.41, 5.74) is 0.874. The minimum absolute atomic E-state index is 0.192. The molecular weight excluding hydrogens is 361 g/mol. The Labute approximate surface area is 156 Å². The molecule has 0 fully saturated rings. The Kier molecular flexibility index (Phi) is 4.87. The van der Waals surface area contributed by atoms with Crippen molar-refractivity contribution in [1.82, 2.24) is 4.90 Å². The first-order chi connectivity index (χ1) is 11.8. The highest BCUT2D eigenvalue weighted by molar-refractivity contribution is 6.35. The number of hydrogen-bond acceptors (Lipinski definition) is 3. The fraction of sp³-hybridized carbons (Fsp3) is 0.263. The van der Waals surface area contributed by atoms with E-state index in [9.17, 15) is 9.59 Å². The summed E-state index contributed by atoms with van der Waals surface area (Å²) in [6, 6.07) is 12.0. The molecular formula is C19H17Cl2NO3. The second-order valence-electron chi connectivity index (χ2n) is 6.53.